The quantitative estimate of drug-likeness (QED) is 0.724. The van der Waals surface area contributed by atoms with Gasteiger partial charge in [0.2, 0.25) is 0 Å². The molecule has 0 bridgehead atoms. The zero-order chi connectivity index (χ0) is 12.6. The molecule has 2 rings (SSSR count). The van der Waals surface area contributed by atoms with E-state index >= 15 is 0 Å². The van der Waals surface area contributed by atoms with Crippen LogP contribution < -0.4 is 9.80 Å². The molecular weight excluding hydrogens is 216 g/mol. The van der Waals surface area contributed by atoms with Crippen LogP contribution in [0.15, 0.2) is 35.9 Å². The molecule has 0 radical (unpaired) electrons. The second kappa shape index (κ2) is 4.05. The van der Waals surface area contributed by atoms with Gasteiger partial charge in [0.05, 0.1) is 5.69 Å². The third-order valence-electron chi connectivity index (χ3n) is 2.73. The largest absolute Gasteiger partial charge is 0.378 e. The van der Waals surface area contributed by atoms with Crippen LogP contribution in [0.3, 0.4) is 0 Å². The molecular formula is C13H14N2O2. The van der Waals surface area contributed by atoms with Crippen molar-refractivity contribution < 1.29 is 9.59 Å². The summed E-state index contributed by atoms with van der Waals surface area (Å²) in [4.78, 5) is 26.5. The number of rotatable bonds is 2. The van der Waals surface area contributed by atoms with Crippen molar-refractivity contribution in [3.05, 3.63) is 35.9 Å². The highest BCUT2D eigenvalue weighted by molar-refractivity contribution is 6.30. The Hall–Kier alpha value is -2.10. The molecule has 4 heteroatoms. The van der Waals surface area contributed by atoms with Gasteiger partial charge in [0.15, 0.2) is 0 Å². The minimum Gasteiger partial charge on any atom is -0.378 e. The molecule has 0 saturated carbocycles. The molecule has 0 spiro atoms. The fourth-order valence-corrected chi connectivity index (χ4v) is 1.73. The lowest BCUT2D eigenvalue weighted by atomic mass is 10.2. The fourth-order valence-electron chi connectivity index (χ4n) is 1.73. The van der Waals surface area contributed by atoms with Gasteiger partial charge in [-0.2, -0.15) is 0 Å². The Balaban J connectivity index is 2.30. The van der Waals surface area contributed by atoms with Crippen LogP contribution in [0.2, 0.25) is 0 Å². The normalized spacial score (nSPS) is 15.2. The van der Waals surface area contributed by atoms with Gasteiger partial charge in [-0.05, 0) is 31.2 Å². The van der Waals surface area contributed by atoms with Crippen molar-refractivity contribution in [3.8, 4) is 0 Å². The summed E-state index contributed by atoms with van der Waals surface area (Å²) in [5.41, 5.74) is 2.11. The van der Waals surface area contributed by atoms with Crippen molar-refractivity contribution in [2.45, 2.75) is 6.92 Å². The van der Waals surface area contributed by atoms with E-state index in [-0.39, 0.29) is 11.8 Å². The summed E-state index contributed by atoms with van der Waals surface area (Å²) in [5, 5.41) is 0. The summed E-state index contributed by atoms with van der Waals surface area (Å²) in [6, 6.07) is 7.31. The monoisotopic (exact) mass is 230 g/mol. The molecule has 1 aromatic rings. The van der Waals surface area contributed by atoms with E-state index in [2.05, 4.69) is 0 Å². The van der Waals surface area contributed by atoms with Crippen LogP contribution in [0, 0.1) is 0 Å². The van der Waals surface area contributed by atoms with E-state index in [0.717, 1.165) is 5.69 Å². The molecule has 0 unspecified atom stereocenters. The third-order valence-corrected chi connectivity index (χ3v) is 2.73. The zero-order valence-electron chi connectivity index (χ0n) is 10.1. The molecule has 0 aromatic heterocycles. The minimum atomic E-state index is -0.273. The highest BCUT2D eigenvalue weighted by Gasteiger charge is 2.29. The van der Waals surface area contributed by atoms with Gasteiger partial charge in [-0.25, -0.2) is 4.90 Å². The average Bonchev–Trinajstić information content (AvgIpc) is 2.53. The maximum atomic E-state index is 11.8. The van der Waals surface area contributed by atoms with Crippen LogP contribution in [0.5, 0.6) is 0 Å². The van der Waals surface area contributed by atoms with Gasteiger partial charge in [-0.1, -0.05) is 0 Å². The molecule has 88 valence electrons. The van der Waals surface area contributed by atoms with E-state index < -0.39 is 0 Å². The number of hydrogen-bond donors (Lipinski definition) is 0. The van der Waals surface area contributed by atoms with Crippen LogP contribution in [0.4, 0.5) is 11.4 Å². The molecule has 1 aliphatic heterocycles. The maximum absolute atomic E-state index is 11.8. The molecule has 0 aliphatic carbocycles. The molecule has 0 N–H and O–H groups in total. The Kier molecular flexibility index (Phi) is 2.71. The molecule has 0 saturated heterocycles. The predicted octanol–water partition coefficient (Wildman–Crippen LogP) is 1.57. The molecule has 0 fully saturated rings. The van der Waals surface area contributed by atoms with Crippen LogP contribution in [-0.4, -0.2) is 25.9 Å². The Bertz CT molecular complexity index is 501. The molecule has 1 aromatic carbocycles. The minimum absolute atomic E-state index is 0.243. The molecule has 17 heavy (non-hydrogen) atoms. The van der Waals surface area contributed by atoms with Crippen LogP contribution in [0.25, 0.3) is 0 Å². The topological polar surface area (TPSA) is 40.6 Å². The van der Waals surface area contributed by atoms with Crippen LogP contribution in [-0.2, 0) is 9.59 Å². The lowest BCUT2D eigenvalue weighted by molar-refractivity contribution is -0.120. The smallest absolute Gasteiger partial charge is 0.261 e. The standard InChI is InChI=1S/C13H14N2O2/c1-9-8-12(16)15(13(9)17)11-6-4-10(5-7-11)14(2)3/h4-8H,1-3H3. The van der Waals surface area contributed by atoms with Gasteiger partial charge < -0.3 is 4.90 Å². The van der Waals surface area contributed by atoms with E-state index in [1.807, 2.05) is 31.1 Å². The summed E-state index contributed by atoms with van der Waals surface area (Å²) in [5.74, 6) is -0.516. The van der Waals surface area contributed by atoms with Crippen molar-refractivity contribution in [2.24, 2.45) is 0 Å². The van der Waals surface area contributed by atoms with Crippen LogP contribution in [0.1, 0.15) is 6.92 Å². The van der Waals surface area contributed by atoms with E-state index in [4.69, 9.17) is 0 Å². The fraction of sp³-hybridized carbons (Fsp3) is 0.231. The second-order valence-corrected chi connectivity index (χ2v) is 4.22. The molecule has 0 atom stereocenters. The van der Waals surface area contributed by atoms with Crippen molar-refractivity contribution in [1.29, 1.82) is 0 Å². The maximum Gasteiger partial charge on any atom is 0.261 e. The highest BCUT2D eigenvalue weighted by Crippen LogP contribution is 2.24. The summed E-state index contributed by atoms with van der Waals surface area (Å²) in [6.07, 6.45) is 1.36. The lowest BCUT2D eigenvalue weighted by Crippen LogP contribution is -2.30. The van der Waals surface area contributed by atoms with Gasteiger partial charge in [-0.3, -0.25) is 9.59 Å². The summed E-state index contributed by atoms with van der Waals surface area (Å²) in [7, 11) is 3.87. The predicted molar refractivity (Wildman–Crippen MR) is 67.0 cm³/mol. The molecule has 4 nitrogen and oxygen atoms in total. The number of carbonyl (C=O) groups is 2. The number of carbonyl (C=O) groups excluding carboxylic acids is 2. The Morgan fingerprint density at radius 2 is 1.65 bits per heavy atom. The first-order valence-electron chi connectivity index (χ1n) is 5.35. The van der Waals surface area contributed by atoms with E-state index in [1.165, 1.54) is 11.0 Å². The summed E-state index contributed by atoms with van der Waals surface area (Å²) < 4.78 is 0. The van der Waals surface area contributed by atoms with Gasteiger partial charge in [0.1, 0.15) is 0 Å². The van der Waals surface area contributed by atoms with Gasteiger partial charge in [0, 0.05) is 31.4 Å². The van der Waals surface area contributed by atoms with Gasteiger partial charge in [0.25, 0.3) is 11.8 Å². The van der Waals surface area contributed by atoms with E-state index in [1.54, 1.807) is 19.1 Å². The first-order valence-corrected chi connectivity index (χ1v) is 5.35. The van der Waals surface area contributed by atoms with Gasteiger partial charge >= 0.3 is 0 Å². The Labute approximate surface area is 100 Å². The van der Waals surface area contributed by atoms with Crippen molar-refractivity contribution in [3.63, 3.8) is 0 Å². The van der Waals surface area contributed by atoms with Crippen molar-refractivity contribution >= 4 is 23.2 Å². The van der Waals surface area contributed by atoms with Crippen LogP contribution >= 0.6 is 0 Å². The number of anilines is 2. The zero-order valence-corrected chi connectivity index (χ0v) is 10.1. The molecule has 1 heterocycles. The van der Waals surface area contributed by atoms with Crippen molar-refractivity contribution in [2.75, 3.05) is 23.9 Å². The molecule has 2 amide bonds. The SMILES string of the molecule is CC1=CC(=O)N(c2ccc(N(C)C)cc2)C1=O. The van der Waals surface area contributed by atoms with Gasteiger partial charge in [-0.15, -0.1) is 0 Å². The number of nitrogens with zero attached hydrogens (tertiary/aromatic N) is 2. The molecule has 1 aliphatic rings. The van der Waals surface area contributed by atoms with E-state index in [9.17, 15) is 9.59 Å². The Morgan fingerprint density at radius 1 is 1.06 bits per heavy atom. The highest BCUT2D eigenvalue weighted by atomic mass is 16.2. The second-order valence-electron chi connectivity index (χ2n) is 4.22. The number of benzene rings is 1. The third kappa shape index (κ3) is 1.93. The first kappa shape index (κ1) is 11.4. The average molecular weight is 230 g/mol. The number of hydrogen-bond acceptors (Lipinski definition) is 3. The lowest BCUT2D eigenvalue weighted by Gasteiger charge is -2.17. The summed E-state index contributed by atoms with van der Waals surface area (Å²) >= 11 is 0. The first-order chi connectivity index (χ1) is 8.00. The summed E-state index contributed by atoms with van der Waals surface area (Å²) in [6.45, 7) is 1.65. The number of imide groups is 1. The Morgan fingerprint density at radius 3 is 2.06 bits per heavy atom. The van der Waals surface area contributed by atoms with Crippen molar-refractivity contribution in [1.82, 2.24) is 0 Å². The number of amides is 2. The van der Waals surface area contributed by atoms with E-state index in [0.29, 0.717) is 11.3 Å².